The topological polar surface area (TPSA) is 131 Å². The number of aromatic hydroxyl groups is 1. The zero-order chi connectivity index (χ0) is 20.3. The van der Waals surface area contributed by atoms with Crippen molar-refractivity contribution in [2.45, 2.75) is 76.3 Å². The molecule has 2 fully saturated rings. The van der Waals surface area contributed by atoms with E-state index < -0.39 is 41.1 Å². The van der Waals surface area contributed by atoms with Crippen LogP contribution in [0, 0.1) is 0 Å². The highest BCUT2D eigenvalue weighted by Gasteiger charge is 2.31. The number of hydrogen-bond donors (Lipinski definition) is 3. The van der Waals surface area contributed by atoms with Gasteiger partial charge in [-0.15, -0.1) is 0 Å². The Kier molecular flexibility index (Phi) is 6.21. The van der Waals surface area contributed by atoms with Crippen molar-refractivity contribution >= 4 is 11.9 Å². The molecule has 2 aliphatic rings. The zero-order valence-electron chi connectivity index (χ0n) is 15.9. The molecular weight excluding hydrogens is 366 g/mol. The number of carbonyl (C=O) groups is 2. The highest BCUT2D eigenvalue weighted by atomic mass is 16.4. The van der Waals surface area contributed by atoms with Crippen molar-refractivity contribution in [3.05, 3.63) is 26.4 Å². The van der Waals surface area contributed by atoms with E-state index in [-0.39, 0.29) is 12.1 Å². The van der Waals surface area contributed by atoms with E-state index in [9.17, 15) is 24.3 Å². The van der Waals surface area contributed by atoms with E-state index in [1.807, 2.05) is 0 Å². The van der Waals surface area contributed by atoms with Gasteiger partial charge in [0.05, 0.1) is 0 Å². The summed E-state index contributed by atoms with van der Waals surface area (Å²) in [6.07, 6.45) is 8.37. The fourth-order valence-corrected chi connectivity index (χ4v) is 4.40. The molecule has 154 valence electrons. The smallest absolute Gasteiger partial charge is 0.334 e. The van der Waals surface area contributed by atoms with Gasteiger partial charge >= 0.3 is 11.7 Å². The maximum atomic E-state index is 13.2. The number of carboxylic acid groups (broad SMARTS) is 1. The normalized spacial score (nSPS) is 18.7. The minimum Gasteiger partial charge on any atom is -0.494 e. The number of nitrogens with one attached hydrogen (secondary N) is 1. The number of carboxylic acids is 1. The monoisotopic (exact) mass is 393 g/mol. The lowest BCUT2D eigenvalue weighted by Gasteiger charge is -2.29. The SMILES string of the molecule is O=C(O)CNC(=O)c1c(O)n(C2CCCCC2)c(=O)n(C2CCCCC2)c1=O. The number of rotatable bonds is 5. The Morgan fingerprint density at radius 3 is 1.89 bits per heavy atom. The molecule has 0 aromatic carbocycles. The third-order valence-electron chi connectivity index (χ3n) is 5.80. The molecule has 1 aromatic rings. The molecule has 28 heavy (non-hydrogen) atoms. The maximum Gasteiger partial charge on any atom is 0.334 e. The Labute approximate surface area is 162 Å². The summed E-state index contributed by atoms with van der Waals surface area (Å²) in [6, 6.07) is -0.585. The van der Waals surface area contributed by atoms with Crippen LogP contribution in [0.25, 0.3) is 0 Å². The van der Waals surface area contributed by atoms with E-state index in [2.05, 4.69) is 5.32 Å². The third kappa shape index (κ3) is 3.98. The molecule has 1 heterocycles. The highest BCUT2D eigenvalue weighted by molar-refractivity contribution is 5.97. The second-order valence-corrected chi connectivity index (χ2v) is 7.69. The molecule has 2 aliphatic carbocycles. The minimum atomic E-state index is -1.26. The molecule has 9 nitrogen and oxygen atoms in total. The lowest BCUT2D eigenvalue weighted by atomic mass is 9.94. The van der Waals surface area contributed by atoms with E-state index >= 15 is 0 Å². The van der Waals surface area contributed by atoms with Crippen LogP contribution in [0.15, 0.2) is 9.59 Å². The second-order valence-electron chi connectivity index (χ2n) is 7.69. The first-order valence-electron chi connectivity index (χ1n) is 10.0. The quantitative estimate of drug-likeness (QED) is 0.695. The van der Waals surface area contributed by atoms with Crippen LogP contribution >= 0.6 is 0 Å². The molecule has 0 saturated heterocycles. The van der Waals surface area contributed by atoms with E-state index in [0.29, 0.717) is 25.7 Å². The summed E-state index contributed by atoms with van der Waals surface area (Å²) in [7, 11) is 0. The van der Waals surface area contributed by atoms with Crippen molar-refractivity contribution in [2.75, 3.05) is 6.54 Å². The minimum absolute atomic E-state index is 0.275. The Morgan fingerprint density at radius 1 is 0.893 bits per heavy atom. The van der Waals surface area contributed by atoms with Crippen LogP contribution in [-0.2, 0) is 4.79 Å². The fraction of sp³-hybridized carbons (Fsp3) is 0.684. The number of aromatic nitrogens is 2. The molecular formula is C19H27N3O6. The Morgan fingerprint density at radius 2 is 1.39 bits per heavy atom. The van der Waals surface area contributed by atoms with Gasteiger partial charge in [-0.25, -0.2) is 4.79 Å². The van der Waals surface area contributed by atoms with Crippen molar-refractivity contribution in [2.24, 2.45) is 0 Å². The van der Waals surface area contributed by atoms with Gasteiger partial charge in [-0.05, 0) is 25.7 Å². The van der Waals surface area contributed by atoms with Gasteiger partial charge in [-0.3, -0.25) is 23.5 Å². The number of aliphatic carboxylic acids is 1. The Bertz CT molecular complexity index is 860. The molecule has 0 unspecified atom stereocenters. The Balaban J connectivity index is 2.14. The summed E-state index contributed by atoms with van der Waals surface area (Å²) in [6.45, 7) is -0.677. The van der Waals surface area contributed by atoms with Crippen LogP contribution in [0.3, 0.4) is 0 Å². The van der Waals surface area contributed by atoms with Crippen molar-refractivity contribution in [1.82, 2.24) is 14.5 Å². The molecule has 1 amide bonds. The van der Waals surface area contributed by atoms with Crippen LogP contribution in [0.2, 0.25) is 0 Å². The standard InChI is InChI=1S/C19H27N3O6/c23-14(24)11-20-16(25)15-17(26)21(12-7-3-1-4-8-12)19(28)22(18(15)27)13-9-5-2-6-10-13/h12-13,26H,1-11H2,(H,20,25)(H,23,24). The van der Waals surface area contributed by atoms with E-state index in [1.165, 1.54) is 4.57 Å². The molecule has 3 N–H and O–H groups in total. The lowest BCUT2D eigenvalue weighted by Crippen LogP contribution is -2.47. The molecule has 0 radical (unpaired) electrons. The molecule has 9 heteroatoms. The van der Waals surface area contributed by atoms with Gasteiger partial charge in [0.1, 0.15) is 6.54 Å². The first-order valence-corrected chi connectivity index (χ1v) is 10.0. The highest BCUT2D eigenvalue weighted by Crippen LogP contribution is 2.31. The molecule has 0 atom stereocenters. The van der Waals surface area contributed by atoms with Crippen molar-refractivity contribution in [3.8, 4) is 5.88 Å². The van der Waals surface area contributed by atoms with Gasteiger partial charge in [-0.2, -0.15) is 0 Å². The van der Waals surface area contributed by atoms with Crippen molar-refractivity contribution in [1.29, 1.82) is 0 Å². The van der Waals surface area contributed by atoms with Gasteiger partial charge in [-0.1, -0.05) is 38.5 Å². The van der Waals surface area contributed by atoms with Gasteiger partial charge in [0.15, 0.2) is 5.56 Å². The second kappa shape index (κ2) is 8.62. The zero-order valence-corrected chi connectivity index (χ0v) is 15.9. The predicted molar refractivity (Wildman–Crippen MR) is 101 cm³/mol. The average molecular weight is 393 g/mol. The molecule has 0 bridgehead atoms. The molecule has 0 spiro atoms. The number of carbonyl (C=O) groups excluding carboxylic acids is 1. The van der Waals surface area contributed by atoms with E-state index in [0.717, 1.165) is 43.1 Å². The summed E-state index contributed by atoms with van der Waals surface area (Å²) < 4.78 is 2.30. The summed E-state index contributed by atoms with van der Waals surface area (Å²) in [5.41, 5.74) is -1.96. The maximum absolute atomic E-state index is 13.2. The van der Waals surface area contributed by atoms with Crippen LogP contribution in [0.4, 0.5) is 0 Å². The van der Waals surface area contributed by atoms with Crippen LogP contribution in [0.5, 0.6) is 5.88 Å². The average Bonchev–Trinajstić information content (AvgIpc) is 2.68. The summed E-state index contributed by atoms with van der Waals surface area (Å²) in [4.78, 5) is 49.5. The van der Waals surface area contributed by atoms with Crippen molar-refractivity contribution in [3.63, 3.8) is 0 Å². The fourth-order valence-electron chi connectivity index (χ4n) is 4.40. The van der Waals surface area contributed by atoms with Gasteiger partial charge in [0, 0.05) is 12.1 Å². The predicted octanol–water partition coefficient (Wildman–Crippen LogP) is 1.54. The number of hydrogen-bond acceptors (Lipinski definition) is 5. The van der Waals surface area contributed by atoms with Gasteiger partial charge < -0.3 is 15.5 Å². The van der Waals surface area contributed by atoms with Gasteiger partial charge in [0.25, 0.3) is 11.5 Å². The number of nitrogens with zero attached hydrogens (tertiary/aromatic N) is 2. The third-order valence-corrected chi connectivity index (χ3v) is 5.80. The van der Waals surface area contributed by atoms with E-state index in [1.54, 1.807) is 0 Å². The molecule has 3 rings (SSSR count). The van der Waals surface area contributed by atoms with Crippen LogP contribution < -0.4 is 16.6 Å². The summed E-state index contributed by atoms with van der Waals surface area (Å²) in [5.74, 6) is -2.89. The van der Waals surface area contributed by atoms with Crippen LogP contribution in [-0.4, -0.2) is 37.8 Å². The largest absolute Gasteiger partial charge is 0.494 e. The first kappa shape index (κ1) is 20.2. The van der Waals surface area contributed by atoms with Crippen molar-refractivity contribution < 1.29 is 19.8 Å². The lowest BCUT2D eigenvalue weighted by molar-refractivity contribution is -0.135. The van der Waals surface area contributed by atoms with Gasteiger partial charge in [0.2, 0.25) is 5.88 Å². The first-order chi connectivity index (χ1) is 13.4. The molecule has 0 aliphatic heterocycles. The molecule has 1 aromatic heterocycles. The summed E-state index contributed by atoms with van der Waals surface area (Å²) >= 11 is 0. The molecule has 2 saturated carbocycles. The van der Waals surface area contributed by atoms with E-state index in [4.69, 9.17) is 5.11 Å². The Hall–Kier alpha value is -2.58. The number of amides is 1. The van der Waals surface area contributed by atoms with Crippen LogP contribution in [0.1, 0.15) is 86.6 Å². The summed E-state index contributed by atoms with van der Waals surface area (Å²) in [5, 5.41) is 21.6.